The zero-order valence-electron chi connectivity index (χ0n) is 16.1. The number of hydrogen-bond donors (Lipinski definition) is 2. The first-order chi connectivity index (χ1) is 12.9. The van der Waals surface area contributed by atoms with Crippen molar-refractivity contribution in [3.05, 3.63) is 57.8 Å². The molecule has 0 radical (unpaired) electrons. The summed E-state index contributed by atoms with van der Waals surface area (Å²) in [6.07, 6.45) is 1.69. The maximum Gasteiger partial charge on any atom is 0.248 e. The Labute approximate surface area is 165 Å². The highest BCUT2D eigenvalue weighted by Gasteiger charge is 2.43. The first-order valence-electron chi connectivity index (χ1n) is 9.39. The van der Waals surface area contributed by atoms with Crippen molar-refractivity contribution in [3.8, 4) is 0 Å². The molecule has 1 aliphatic rings. The number of piperidine rings is 1. The summed E-state index contributed by atoms with van der Waals surface area (Å²) in [6.45, 7) is 3.45. The second-order valence-corrected chi connectivity index (χ2v) is 8.54. The summed E-state index contributed by atoms with van der Waals surface area (Å²) in [5.41, 5.74) is 7.11. The van der Waals surface area contributed by atoms with E-state index >= 15 is 0 Å². The molecule has 27 heavy (non-hydrogen) atoms. The Morgan fingerprint density at radius 1 is 1.41 bits per heavy atom. The van der Waals surface area contributed by atoms with Crippen LogP contribution in [0.25, 0.3) is 0 Å². The molecule has 1 aromatic carbocycles. The van der Waals surface area contributed by atoms with Gasteiger partial charge in [0.15, 0.2) is 0 Å². The van der Waals surface area contributed by atoms with Gasteiger partial charge in [-0.2, -0.15) is 11.3 Å². The first-order valence-corrected chi connectivity index (χ1v) is 10.3. The highest BCUT2D eigenvalue weighted by atomic mass is 32.1. The van der Waals surface area contributed by atoms with Gasteiger partial charge in [0.2, 0.25) is 5.91 Å². The molecule has 2 heterocycles. The first kappa shape index (κ1) is 20.0. The van der Waals surface area contributed by atoms with Crippen LogP contribution in [0.15, 0.2) is 41.1 Å². The van der Waals surface area contributed by atoms with Crippen LogP contribution >= 0.6 is 11.3 Å². The smallest absolute Gasteiger partial charge is 0.248 e. The van der Waals surface area contributed by atoms with Gasteiger partial charge in [-0.1, -0.05) is 12.1 Å². The van der Waals surface area contributed by atoms with Crippen LogP contribution in [-0.4, -0.2) is 61.1 Å². The topological polar surface area (TPSA) is 69.8 Å². The van der Waals surface area contributed by atoms with Gasteiger partial charge in [0, 0.05) is 37.7 Å². The fourth-order valence-corrected chi connectivity index (χ4v) is 4.69. The molecule has 6 heteroatoms. The van der Waals surface area contributed by atoms with Gasteiger partial charge in [-0.05, 0) is 67.0 Å². The minimum atomic E-state index is -0.950. The van der Waals surface area contributed by atoms with E-state index in [1.54, 1.807) is 23.5 Å². The van der Waals surface area contributed by atoms with Gasteiger partial charge in [-0.3, -0.25) is 4.79 Å². The molecule has 0 spiro atoms. The average Bonchev–Trinajstić information content (AvgIpc) is 3.15. The maximum absolute atomic E-state index is 11.6. The number of nitrogens with zero attached hydrogens (tertiary/aromatic N) is 2. The second-order valence-electron chi connectivity index (χ2n) is 7.76. The number of thiophene rings is 1. The number of likely N-dealkylation sites (tertiary alicyclic amines) is 1. The Morgan fingerprint density at radius 2 is 2.22 bits per heavy atom. The molecule has 0 unspecified atom stereocenters. The van der Waals surface area contributed by atoms with E-state index in [-0.39, 0.29) is 5.92 Å². The Hall–Kier alpha value is -1.73. The van der Waals surface area contributed by atoms with Gasteiger partial charge >= 0.3 is 0 Å². The van der Waals surface area contributed by atoms with Crippen molar-refractivity contribution in [2.75, 3.05) is 40.3 Å². The van der Waals surface area contributed by atoms with Crippen LogP contribution in [-0.2, 0) is 12.0 Å². The minimum absolute atomic E-state index is 0.0619. The second kappa shape index (κ2) is 8.52. The summed E-state index contributed by atoms with van der Waals surface area (Å²) < 4.78 is 0. The molecule has 3 rings (SSSR count). The minimum Gasteiger partial charge on any atom is -0.385 e. The van der Waals surface area contributed by atoms with Crippen molar-refractivity contribution in [1.82, 2.24) is 9.80 Å². The van der Waals surface area contributed by atoms with Crippen LogP contribution in [0.2, 0.25) is 0 Å². The number of hydrogen-bond acceptors (Lipinski definition) is 5. The number of carbonyl (C=O) groups excluding carboxylic acids is 1. The van der Waals surface area contributed by atoms with Crippen molar-refractivity contribution < 1.29 is 9.90 Å². The van der Waals surface area contributed by atoms with Crippen LogP contribution in [0.1, 0.15) is 27.9 Å². The van der Waals surface area contributed by atoms with E-state index < -0.39 is 11.5 Å². The Kier molecular flexibility index (Phi) is 6.32. The predicted octanol–water partition coefficient (Wildman–Crippen LogP) is 2.16. The lowest BCUT2D eigenvalue weighted by Gasteiger charge is -2.46. The largest absolute Gasteiger partial charge is 0.385 e. The summed E-state index contributed by atoms with van der Waals surface area (Å²) in [7, 11) is 4.06. The number of amides is 1. The van der Waals surface area contributed by atoms with E-state index in [4.69, 9.17) is 5.73 Å². The van der Waals surface area contributed by atoms with E-state index in [0.717, 1.165) is 38.2 Å². The van der Waals surface area contributed by atoms with E-state index in [1.165, 1.54) is 5.56 Å². The van der Waals surface area contributed by atoms with Crippen LogP contribution in [0.4, 0.5) is 0 Å². The lowest BCUT2D eigenvalue weighted by Crippen LogP contribution is -2.53. The van der Waals surface area contributed by atoms with Crippen molar-refractivity contribution in [2.24, 2.45) is 11.7 Å². The molecule has 3 N–H and O–H groups in total. The van der Waals surface area contributed by atoms with Crippen molar-refractivity contribution in [1.29, 1.82) is 0 Å². The number of nitrogens with two attached hydrogens (primary N) is 1. The lowest BCUT2D eigenvalue weighted by molar-refractivity contribution is -0.0843. The summed E-state index contributed by atoms with van der Waals surface area (Å²) in [5, 5.41) is 15.9. The number of rotatable bonds is 7. The number of primary amides is 1. The Balaban J connectivity index is 1.77. The molecule has 0 aliphatic carbocycles. The molecule has 146 valence electrons. The number of benzene rings is 1. The lowest BCUT2D eigenvalue weighted by atomic mass is 9.75. The molecule has 0 bridgehead atoms. The molecule has 0 saturated carbocycles. The maximum atomic E-state index is 11.6. The van der Waals surface area contributed by atoms with Crippen LogP contribution < -0.4 is 5.73 Å². The molecule has 5 nitrogen and oxygen atoms in total. The highest BCUT2D eigenvalue weighted by molar-refractivity contribution is 7.07. The highest BCUT2D eigenvalue weighted by Crippen LogP contribution is 2.38. The summed E-state index contributed by atoms with van der Waals surface area (Å²) >= 11 is 1.73. The Morgan fingerprint density at radius 3 is 2.89 bits per heavy atom. The van der Waals surface area contributed by atoms with Crippen LogP contribution in [0.3, 0.4) is 0 Å². The predicted molar refractivity (Wildman–Crippen MR) is 110 cm³/mol. The van der Waals surface area contributed by atoms with E-state index in [1.807, 2.05) is 26.2 Å². The quantitative estimate of drug-likeness (QED) is 0.764. The van der Waals surface area contributed by atoms with Gasteiger partial charge in [0.1, 0.15) is 0 Å². The molecule has 1 amide bonds. The zero-order valence-corrected chi connectivity index (χ0v) is 16.9. The molecule has 1 aliphatic heterocycles. The van der Waals surface area contributed by atoms with Gasteiger partial charge in [0.25, 0.3) is 0 Å². The molecule has 1 fully saturated rings. The van der Waals surface area contributed by atoms with Gasteiger partial charge in [-0.25, -0.2) is 0 Å². The summed E-state index contributed by atoms with van der Waals surface area (Å²) in [4.78, 5) is 16.1. The third-order valence-electron chi connectivity index (χ3n) is 5.49. The number of carbonyl (C=O) groups is 1. The van der Waals surface area contributed by atoms with Crippen molar-refractivity contribution >= 4 is 17.2 Å². The summed E-state index contributed by atoms with van der Waals surface area (Å²) in [6, 6.07) is 9.36. The third-order valence-corrected chi connectivity index (χ3v) is 6.22. The summed E-state index contributed by atoms with van der Waals surface area (Å²) in [5.74, 6) is -0.398. The fraction of sp³-hybridized carbons (Fsp3) is 0.476. The normalized spacial score (nSPS) is 23.6. The SMILES string of the molecule is CN(C)C[C@H]1CN(CCc2ccsc2)CC[C@]1(O)c1cccc(C(N)=O)c1. The van der Waals surface area contributed by atoms with Gasteiger partial charge in [-0.15, -0.1) is 0 Å². The molecule has 2 atom stereocenters. The zero-order chi connectivity index (χ0) is 19.4. The standard InChI is InChI=1S/C21H29N3O2S/c1-23(2)13-19-14-24(9-6-16-7-11-27-15-16)10-8-21(19,26)18-5-3-4-17(12-18)20(22)25/h3-5,7,11-12,15,19,26H,6,8-10,13-14H2,1-2H3,(H2,22,25)/t19-,21-/m0/s1. The Bertz CT molecular complexity index is 763. The van der Waals surface area contributed by atoms with Crippen LogP contribution in [0.5, 0.6) is 0 Å². The van der Waals surface area contributed by atoms with E-state index in [0.29, 0.717) is 12.0 Å². The monoisotopic (exact) mass is 387 g/mol. The molecular weight excluding hydrogens is 358 g/mol. The van der Waals surface area contributed by atoms with E-state index in [2.05, 4.69) is 26.6 Å². The van der Waals surface area contributed by atoms with Crippen molar-refractivity contribution in [2.45, 2.75) is 18.4 Å². The van der Waals surface area contributed by atoms with Gasteiger partial charge < -0.3 is 20.6 Å². The fourth-order valence-electron chi connectivity index (χ4n) is 3.98. The average molecular weight is 388 g/mol. The van der Waals surface area contributed by atoms with Crippen LogP contribution in [0, 0.1) is 5.92 Å². The molecule has 2 aromatic rings. The molecule has 1 saturated heterocycles. The third kappa shape index (κ3) is 4.76. The van der Waals surface area contributed by atoms with Crippen molar-refractivity contribution in [3.63, 3.8) is 0 Å². The molecule has 1 aromatic heterocycles. The van der Waals surface area contributed by atoms with E-state index in [9.17, 15) is 9.90 Å². The molecular formula is C21H29N3O2S. The number of aliphatic hydroxyl groups is 1. The van der Waals surface area contributed by atoms with Gasteiger partial charge in [0.05, 0.1) is 5.60 Å².